The lowest BCUT2D eigenvalue weighted by atomic mass is 10.0. The first kappa shape index (κ1) is 10.6. The standard InChI is InChI=1S/C11H16ClN/c1-2-9-3-5-10(6-4-9)11(13)7-8-12/h3-6,11H,2,7-8,13H2,1H3. The largest absolute Gasteiger partial charge is 0.324 e. The van der Waals surface area contributed by atoms with E-state index in [2.05, 4.69) is 31.2 Å². The molecule has 0 heterocycles. The molecule has 0 saturated carbocycles. The topological polar surface area (TPSA) is 26.0 Å². The van der Waals surface area contributed by atoms with Crippen LogP contribution in [0.25, 0.3) is 0 Å². The van der Waals surface area contributed by atoms with Crippen LogP contribution >= 0.6 is 11.6 Å². The molecular weight excluding hydrogens is 182 g/mol. The van der Waals surface area contributed by atoms with Gasteiger partial charge in [-0.3, -0.25) is 0 Å². The van der Waals surface area contributed by atoms with Crippen molar-refractivity contribution in [3.8, 4) is 0 Å². The van der Waals surface area contributed by atoms with Crippen molar-refractivity contribution in [3.63, 3.8) is 0 Å². The molecule has 0 fully saturated rings. The zero-order chi connectivity index (χ0) is 9.68. The monoisotopic (exact) mass is 197 g/mol. The van der Waals surface area contributed by atoms with E-state index in [1.54, 1.807) is 0 Å². The molecule has 0 spiro atoms. The quantitative estimate of drug-likeness (QED) is 0.739. The highest BCUT2D eigenvalue weighted by Gasteiger charge is 2.03. The van der Waals surface area contributed by atoms with Crippen molar-refractivity contribution in [1.82, 2.24) is 0 Å². The predicted molar refractivity (Wildman–Crippen MR) is 58.1 cm³/mol. The predicted octanol–water partition coefficient (Wildman–Crippen LogP) is 2.88. The second kappa shape index (κ2) is 5.25. The van der Waals surface area contributed by atoms with E-state index < -0.39 is 0 Å². The Kier molecular flexibility index (Phi) is 4.26. The van der Waals surface area contributed by atoms with Crippen molar-refractivity contribution < 1.29 is 0 Å². The second-order valence-electron chi connectivity index (χ2n) is 3.18. The van der Waals surface area contributed by atoms with Crippen LogP contribution in [0.1, 0.15) is 30.5 Å². The molecule has 1 atom stereocenters. The lowest BCUT2D eigenvalue weighted by Crippen LogP contribution is -2.10. The molecule has 0 aliphatic rings. The average Bonchev–Trinajstić information content (AvgIpc) is 2.18. The summed E-state index contributed by atoms with van der Waals surface area (Å²) in [5.74, 6) is 0.622. The minimum atomic E-state index is 0.0865. The fourth-order valence-electron chi connectivity index (χ4n) is 1.28. The van der Waals surface area contributed by atoms with Crippen molar-refractivity contribution in [1.29, 1.82) is 0 Å². The highest BCUT2D eigenvalue weighted by Crippen LogP contribution is 2.15. The van der Waals surface area contributed by atoms with E-state index >= 15 is 0 Å². The summed E-state index contributed by atoms with van der Waals surface area (Å²) in [7, 11) is 0. The Morgan fingerprint density at radius 3 is 2.38 bits per heavy atom. The second-order valence-corrected chi connectivity index (χ2v) is 3.56. The van der Waals surface area contributed by atoms with Crippen molar-refractivity contribution in [3.05, 3.63) is 35.4 Å². The number of nitrogens with two attached hydrogens (primary N) is 1. The summed E-state index contributed by atoms with van der Waals surface area (Å²) in [6, 6.07) is 8.53. The molecule has 1 aromatic carbocycles. The molecule has 0 radical (unpaired) electrons. The minimum Gasteiger partial charge on any atom is -0.324 e. The van der Waals surface area contributed by atoms with Gasteiger partial charge in [0, 0.05) is 11.9 Å². The van der Waals surface area contributed by atoms with Gasteiger partial charge in [-0.25, -0.2) is 0 Å². The number of benzene rings is 1. The van der Waals surface area contributed by atoms with Gasteiger partial charge in [0.1, 0.15) is 0 Å². The average molecular weight is 198 g/mol. The Balaban J connectivity index is 2.67. The number of rotatable bonds is 4. The number of aryl methyl sites for hydroxylation is 1. The van der Waals surface area contributed by atoms with Crippen LogP contribution in [0, 0.1) is 0 Å². The highest BCUT2D eigenvalue weighted by molar-refractivity contribution is 6.17. The third kappa shape index (κ3) is 3.02. The Hall–Kier alpha value is -0.530. The Morgan fingerprint density at radius 2 is 1.92 bits per heavy atom. The van der Waals surface area contributed by atoms with Crippen molar-refractivity contribution in [2.45, 2.75) is 25.8 Å². The van der Waals surface area contributed by atoms with E-state index in [1.807, 2.05) is 0 Å². The van der Waals surface area contributed by atoms with E-state index in [9.17, 15) is 0 Å². The molecule has 1 unspecified atom stereocenters. The Morgan fingerprint density at radius 1 is 1.31 bits per heavy atom. The first-order valence-corrected chi connectivity index (χ1v) is 5.21. The molecule has 1 nitrogen and oxygen atoms in total. The molecule has 0 aliphatic carbocycles. The maximum atomic E-state index is 5.91. The number of hydrogen-bond acceptors (Lipinski definition) is 1. The normalized spacial score (nSPS) is 12.8. The van der Waals surface area contributed by atoms with Crippen LogP contribution in [0.15, 0.2) is 24.3 Å². The van der Waals surface area contributed by atoms with Crippen molar-refractivity contribution >= 4 is 11.6 Å². The summed E-state index contributed by atoms with van der Waals surface area (Å²) in [4.78, 5) is 0. The van der Waals surface area contributed by atoms with Crippen LogP contribution in [-0.2, 0) is 6.42 Å². The molecule has 1 aromatic rings. The van der Waals surface area contributed by atoms with Gasteiger partial charge in [-0.15, -0.1) is 11.6 Å². The van der Waals surface area contributed by atoms with E-state index in [0.29, 0.717) is 5.88 Å². The SMILES string of the molecule is CCc1ccc(C(N)CCCl)cc1. The molecule has 13 heavy (non-hydrogen) atoms. The number of halogens is 1. The first-order chi connectivity index (χ1) is 6.27. The number of hydrogen-bond donors (Lipinski definition) is 1. The van der Waals surface area contributed by atoms with Crippen LogP contribution in [0.4, 0.5) is 0 Å². The van der Waals surface area contributed by atoms with Gasteiger partial charge in [-0.05, 0) is 24.0 Å². The third-order valence-corrected chi connectivity index (χ3v) is 2.45. The van der Waals surface area contributed by atoms with Gasteiger partial charge in [0.15, 0.2) is 0 Å². The van der Waals surface area contributed by atoms with Crippen LogP contribution < -0.4 is 5.73 Å². The number of alkyl halides is 1. The maximum absolute atomic E-state index is 5.91. The van der Waals surface area contributed by atoms with Crippen molar-refractivity contribution in [2.75, 3.05) is 5.88 Å². The molecular formula is C11H16ClN. The molecule has 0 saturated heterocycles. The van der Waals surface area contributed by atoms with Gasteiger partial charge in [-0.2, -0.15) is 0 Å². The molecule has 0 aliphatic heterocycles. The van der Waals surface area contributed by atoms with Gasteiger partial charge < -0.3 is 5.73 Å². The van der Waals surface area contributed by atoms with Crippen LogP contribution in [-0.4, -0.2) is 5.88 Å². The summed E-state index contributed by atoms with van der Waals surface area (Å²) in [5.41, 5.74) is 8.44. The zero-order valence-corrected chi connectivity index (χ0v) is 8.72. The minimum absolute atomic E-state index is 0.0865. The lowest BCUT2D eigenvalue weighted by molar-refractivity contribution is 0.702. The first-order valence-electron chi connectivity index (χ1n) is 4.68. The molecule has 2 heteroatoms. The van der Waals surface area contributed by atoms with Crippen LogP contribution in [0.5, 0.6) is 0 Å². The summed E-state index contributed by atoms with van der Waals surface area (Å²) < 4.78 is 0. The van der Waals surface area contributed by atoms with E-state index in [4.69, 9.17) is 17.3 Å². The molecule has 1 rings (SSSR count). The lowest BCUT2D eigenvalue weighted by Gasteiger charge is -2.10. The van der Waals surface area contributed by atoms with E-state index in [1.165, 1.54) is 11.1 Å². The van der Waals surface area contributed by atoms with E-state index in [-0.39, 0.29) is 6.04 Å². The zero-order valence-electron chi connectivity index (χ0n) is 7.96. The van der Waals surface area contributed by atoms with E-state index in [0.717, 1.165) is 12.8 Å². The Bertz CT molecular complexity index is 243. The fraction of sp³-hybridized carbons (Fsp3) is 0.455. The molecule has 2 N–H and O–H groups in total. The summed E-state index contributed by atoms with van der Waals surface area (Å²) in [6.45, 7) is 2.15. The van der Waals surface area contributed by atoms with Gasteiger partial charge in [-0.1, -0.05) is 31.2 Å². The van der Waals surface area contributed by atoms with Crippen molar-refractivity contribution in [2.24, 2.45) is 5.73 Å². The molecule has 0 bridgehead atoms. The van der Waals surface area contributed by atoms with Gasteiger partial charge >= 0.3 is 0 Å². The van der Waals surface area contributed by atoms with Gasteiger partial charge in [0.25, 0.3) is 0 Å². The summed E-state index contributed by atoms with van der Waals surface area (Å²) in [5, 5.41) is 0. The molecule has 0 amide bonds. The fourth-order valence-corrected chi connectivity index (χ4v) is 1.52. The smallest absolute Gasteiger partial charge is 0.0306 e. The molecule has 72 valence electrons. The summed E-state index contributed by atoms with van der Waals surface area (Å²) >= 11 is 5.62. The van der Waals surface area contributed by atoms with Gasteiger partial charge in [0.05, 0.1) is 0 Å². The maximum Gasteiger partial charge on any atom is 0.0306 e. The van der Waals surface area contributed by atoms with Crippen LogP contribution in [0.2, 0.25) is 0 Å². The van der Waals surface area contributed by atoms with Gasteiger partial charge in [0.2, 0.25) is 0 Å². The highest BCUT2D eigenvalue weighted by atomic mass is 35.5. The Labute approximate surface area is 84.9 Å². The van der Waals surface area contributed by atoms with Crippen LogP contribution in [0.3, 0.4) is 0 Å². The molecule has 0 aromatic heterocycles. The summed E-state index contributed by atoms with van der Waals surface area (Å²) in [6.07, 6.45) is 1.91. The third-order valence-electron chi connectivity index (χ3n) is 2.24.